The second kappa shape index (κ2) is 14.9. The summed E-state index contributed by atoms with van der Waals surface area (Å²) in [6.07, 6.45) is 4.61. The van der Waals surface area contributed by atoms with Gasteiger partial charge in [0, 0.05) is 24.3 Å². The van der Waals surface area contributed by atoms with Crippen LogP contribution in [0.4, 0.5) is 0 Å². The minimum atomic E-state index is -1.06. The number of epoxide rings is 1. The molecule has 0 aromatic rings. The molecule has 8 atom stereocenters. The number of hydrogen-bond acceptors (Lipinski definition) is 8. The van der Waals surface area contributed by atoms with E-state index in [2.05, 4.69) is 0 Å². The number of unbranched alkanes of at least 4 members (excludes halogenated alkanes) is 5. The summed E-state index contributed by atoms with van der Waals surface area (Å²) in [4.78, 5) is 22.5. The highest BCUT2D eigenvalue weighted by atomic mass is 16.6. The molecule has 202 valence electrons. The molecule has 0 spiro atoms. The van der Waals surface area contributed by atoms with E-state index < -0.39 is 36.4 Å². The second-order valence-corrected chi connectivity index (χ2v) is 10.2. The first kappa shape index (κ1) is 29.7. The van der Waals surface area contributed by atoms with Gasteiger partial charge in [0.25, 0.3) is 0 Å². The lowest BCUT2D eigenvalue weighted by Gasteiger charge is -2.38. The molecule has 0 aromatic carbocycles. The quantitative estimate of drug-likeness (QED) is 0.109. The number of aliphatic carboxylic acids is 1. The van der Waals surface area contributed by atoms with Gasteiger partial charge >= 0.3 is 11.9 Å². The molecule has 9 heteroatoms. The number of esters is 1. The summed E-state index contributed by atoms with van der Waals surface area (Å²) in [6.45, 7) is 6.07. The smallest absolute Gasteiger partial charge is 0.330 e. The molecule has 0 bridgehead atoms. The fourth-order valence-corrected chi connectivity index (χ4v) is 4.59. The van der Waals surface area contributed by atoms with Crippen LogP contribution in [0, 0.1) is 11.8 Å². The van der Waals surface area contributed by atoms with Gasteiger partial charge in [-0.2, -0.15) is 0 Å². The summed E-state index contributed by atoms with van der Waals surface area (Å²) in [5, 5.41) is 39.5. The average molecular weight is 501 g/mol. The van der Waals surface area contributed by atoms with Gasteiger partial charge in [-0.1, -0.05) is 38.2 Å². The zero-order valence-corrected chi connectivity index (χ0v) is 21.3. The third kappa shape index (κ3) is 10.6. The van der Waals surface area contributed by atoms with E-state index >= 15 is 0 Å². The maximum absolute atomic E-state index is 12.1. The molecule has 2 rings (SSSR count). The van der Waals surface area contributed by atoms with Crippen LogP contribution in [0.5, 0.6) is 0 Å². The van der Waals surface area contributed by atoms with E-state index in [1.165, 1.54) is 6.08 Å². The van der Waals surface area contributed by atoms with Crippen molar-refractivity contribution in [1.82, 2.24) is 0 Å². The number of carboxylic acid groups (broad SMARTS) is 1. The van der Waals surface area contributed by atoms with Crippen LogP contribution >= 0.6 is 0 Å². The summed E-state index contributed by atoms with van der Waals surface area (Å²) < 4.78 is 16.7. The Morgan fingerprint density at radius 3 is 2.34 bits per heavy atom. The van der Waals surface area contributed by atoms with Crippen molar-refractivity contribution >= 4 is 11.9 Å². The molecule has 2 heterocycles. The van der Waals surface area contributed by atoms with Crippen molar-refractivity contribution in [2.45, 2.75) is 115 Å². The number of carbonyl (C=O) groups is 2. The van der Waals surface area contributed by atoms with Gasteiger partial charge in [-0.05, 0) is 39.5 Å². The van der Waals surface area contributed by atoms with E-state index in [1.807, 2.05) is 6.92 Å². The van der Waals surface area contributed by atoms with Crippen molar-refractivity contribution in [2.24, 2.45) is 11.8 Å². The third-order valence-corrected chi connectivity index (χ3v) is 7.09. The Morgan fingerprint density at radius 2 is 1.69 bits per heavy atom. The van der Waals surface area contributed by atoms with Crippen LogP contribution in [-0.2, 0) is 23.8 Å². The third-order valence-electron chi connectivity index (χ3n) is 7.09. The Bertz CT molecular complexity index is 692. The number of rotatable bonds is 16. The van der Waals surface area contributed by atoms with Crippen LogP contribution in [0.25, 0.3) is 0 Å². The summed E-state index contributed by atoms with van der Waals surface area (Å²) in [6, 6.07) is 0. The van der Waals surface area contributed by atoms with Crippen molar-refractivity contribution in [3.8, 4) is 0 Å². The molecule has 35 heavy (non-hydrogen) atoms. The average Bonchev–Trinajstić information content (AvgIpc) is 3.55. The normalized spacial score (nSPS) is 30.5. The van der Waals surface area contributed by atoms with Gasteiger partial charge < -0.3 is 34.6 Å². The number of aliphatic hydroxyl groups is 3. The first-order chi connectivity index (χ1) is 16.6. The Morgan fingerprint density at radius 1 is 1.03 bits per heavy atom. The maximum Gasteiger partial charge on any atom is 0.330 e. The number of carbonyl (C=O) groups excluding carboxylic acids is 1. The van der Waals surface area contributed by atoms with Crippen LogP contribution in [0.15, 0.2) is 11.6 Å². The molecule has 0 aliphatic carbocycles. The highest BCUT2D eigenvalue weighted by Crippen LogP contribution is 2.38. The van der Waals surface area contributed by atoms with Gasteiger partial charge in [0.1, 0.15) is 6.10 Å². The highest BCUT2D eigenvalue weighted by molar-refractivity contribution is 5.82. The van der Waals surface area contributed by atoms with Crippen LogP contribution in [-0.4, -0.2) is 82.2 Å². The first-order valence-corrected chi connectivity index (χ1v) is 13.0. The summed E-state index contributed by atoms with van der Waals surface area (Å²) in [5.41, 5.74) is 0.708. The minimum Gasteiger partial charge on any atom is -0.481 e. The molecule has 9 nitrogen and oxygen atoms in total. The fraction of sp³-hybridized carbons (Fsp3) is 0.846. The molecular formula is C26H44O9. The Labute approximate surface area is 208 Å². The van der Waals surface area contributed by atoms with Gasteiger partial charge in [-0.15, -0.1) is 0 Å². The first-order valence-electron chi connectivity index (χ1n) is 13.0. The van der Waals surface area contributed by atoms with Crippen molar-refractivity contribution < 1.29 is 44.2 Å². The lowest BCUT2D eigenvalue weighted by atomic mass is 9.85. The van der Waals surface area contributed by atoms with Gasteiger partial charge in [0.15, 0.2) is 0 Å². The largest absolute Gasteiger partial charge is 0.481 e. The molecule has 0 radical (unpaired) electrons. The molecule has 2 saturated heterocycles. The summed E-state index contributed by atoms with van der Waals surface area (Å²) >= 11 is 0. The zero-order chi connectivity index (χ0) is 26.0. The monoisotopic (exact) mass is 500 g/mol. The Kier molecular flexibility index (Phi) is 12.6. The number of carboxylic acids is 1. The molecular weight excluding hydrogens is 456 g/mol. The number of aliphatic hydroxyl groups excluding tert-OH is 3. The maximum atomic E-state index is 12.1. The van der Waals surface area contributed by atoms with E-state index in [0.29, 0.717) is 38.0 Å². The van der Waals surface area contributed by atoms with E-state index in [-0.39, 0.29) is 30.5 Å². The van der Waals surface area contributed by atoms with Crippen molar-refractivity contribution in [3.05, 3.63) is 11.6 Å². The van der Waals surface area contributed by atoms with Gasteiger partial charge in [0.2, 0.25) is 0 Å². The van der Waals surface area contributed by atoms with Crippen molar-refractivity contribution in [2.75, 3.05) is 13.2 Å². The van der Waals surface area contributed by atoms with Gasteiger partial charge in [-0.25, -0.2) is 4.79 Å². The number of ether oxygens (including phenoxy) is 3. The highest BCUT2D eigenvalue weighted by Gasteiger charge is 2.48. The summed E-state index contributed by atoms with van der Waals surface area (Å²) in [7, 11) is 0. The Balaban J connectivity index is 1.62. The minimum absolute atomic E-state index is 0.0160. The molecule has 2 aliphatic rings. The summed E-state index contributed by atoms with van der Waals surface area (Å²) in [5.74, 6) is -1.42. The second-order valence-electron chi connectivity index (χ2n) is 10.2. The van der Waals surface area contributed by atoms with E-state index in [4.69, 9.17) is 19.3 Å². The number of hydrogen-bond donors (Lipinski definition) is 4. The van der Waals surface area contributed by atoms with E-state index in [1.54, 1.807) is 13.8 Å². The van der Waals surface area contributed by atoms with E-state index in [9.17, 15) is 24.9 Å². The molecule has 2 unspecified atom stereocenters. The molecule has 0 aromatic heterocycles. The molecule has 2 fully saturated rings. The van der Waals surface area contributed by atoms with Crippen LogP contribution in [0.2, 0.25) is 0 Å². The van der Waals surface area contributed by atoms with Crippen LogP contribution in [0.1, 0.15) is 78.6 Å². The predicted molar refractivity (Wildman–Crippen MR) is 129 cm³/mol. The van der Waals surface area contributed by atoms with Gasteiger partial charge in [-0.3, -0.25) is 4.79 Å². The molecule has 0 saturated carbocycles. The standard InChI is InChI=1S/C26H44O9/c1-16(13-23(30)33-11-9-7-5-4-6-8-10-22(28)29)12-20-25(32)24(31)19(15-34-20)14-21-26(35-21)17(2)18(3)27/h13,17-21,24-27,31-32H,4-12,14-15H2,1-3H3,(H,28,29)/b16-13-/t17-,18-,19?,20?,21-,24+,25-,26-/m0/s1. The van der Waals surface area contributed by atoms with Crippen molar-refractivity contribution in [3.63, 3.8) is 0 Å². The Hall–Kier alpha value is -1.52. The molecule has 4 N–H and O–H groups in total. The SMILES string of the molecule is C/C(=C/C(=O)OCCCCCCCCC(=O)O)CC1OCC(C[C@@H]2O[C@H]2[C@@H](C)[C@H](C)O)[C@@H](O)[C@H]1O. The van der Waals surface area contributed by atoms with E-state index in [0.717, 1.165) is 32.1 Å². The fourth-order valence-electron chi connectivity index (χ4n) is 4.59. The lowest BCUT2D eigenvalue weighted by molar-refractivity contribution is -0.165. The molecule has 0 amide bonds. The zero-order valence-electron chi connectivity index (χ0n) is 21.3. The van der Waals surface area contributed by atoms with Crippen LogP contribution in [0.3, 0.4) is 0 Å². The lowest BCUT2D eigenvalue weighted by Crippen LogP contribution is -2.50. The predicted octanol–water partition coefficient (Wildman–Crippen LogP) is 2.59. The van der Waals surface area contributed by atoms with Crippen molar-refractivity contribution in [1.29, 1.82) is 0 Å². The molecule has 2 aliphatic heterocycles. The van der Waals surface area contributed by atoms with Crippen LogP contribution < -0.4 is 0 Å². The topological polar surface area (TPSA) is 146 Å². The van der Waals surface area contributed by atoms with Gasteiger partial charge in [0.05, 0.1) is 43.7 Å².